The van der Waals surface area contributed by atoms with E-state index in [0.29, 0.717) is 13.2 Å². The van der Waals surface area contributed by atoms with Gasteiger partial charge in [-0.05, 0) is 30.7 Å². The van der Waals surface area contributed by atoms with Crippen LogP contribution in [0.4, 0.5) is 5.69 Å². The van der Waals surface area contributed by atoms with Gasteiger partial charge < -0.3 is 15.2 Å². The van der Waals surface area contributed by atoms with Gasteiger partial charge in [-0.3, -0.25) is 0 Å². The number of nitrogens with zero attached hydrogens (tertiary/aromatic N) is 1. The van der Waals surface area contributed by atoms with Gasteiger partial charge in [0.05, 0.1) is 24.2 Å². The summed E-state index contributed by atoms with van der Waals surface area (Å²) in [7, 11) is -3.53. The lowest BCUT2D eigenvalue weighted by atomic mass is 10.3. The number of sulfonamides is 1. The van der Waals surface area contributed by atoms with Crippen LogP contribution in [0.5, 0.6) is 0 Å². The van der Waals surface area contributed by atoms with Crippen molar-refractivity contribution in [2.24, 2.45) is 0 Å². The lowest BCUT2D eigenvalue weighted by molar-refractivity contribution is -0.0304. The Kier molecular flexibility index (Phi) is 5.58. The van der Waals surface area contributed by atoms with E-state index in [4.69, 9.17) is 9.84 Å². The molecule has 0 amide bonds. The molecule has 1 aromatic carbocycles. The first kappa shape index (κ1) is 16.2. The molecule has 118 valence electrons. The minimum absolute atomic E-state index is 0.175. The summed E-state index contributed by atoms with van der Waals surface area (Å²) in [4.78, 5) is 0.267. The maximum absolute atomic E-state index is 12.5. The van der Waals surface area contributed by atoms with Gasteiger partial charge in [-0.15, -0.1) is 0 Å². The summed E-state index contributed by atoms with van der Waals surface area (Å²) in [6.45, 7) is 3.56. The van der Waals surface area contributed by atoms with Crippen LogP contribution in [0.2, 0.25) is 0 Å². The third-order valence-corrected chi connectivity index (χ3v) is 5.26. The lowest BCUT2D eigenvalue weighted by Gasteiger charge is -2.31. The van der Waals surface area contributed by atoms with Gasteiger partial charge in [-0.1, -0.05) is 6.92 Å². The second kappa shape index (κ2) is 7.22. The second-order valence-electron chi connectivity index (χ2n) is 4.99. The number of rotatable bonds is 6. The Hall–Kier alpha value is -1.15. The number of hydrogen-bond acceptors (Lipinski definition) is 5. The highest BCUT2D eigenvalue weighted by Crippen LogP contribution is 2.20. The normalized spacial score (nSPS) is 20.4. The van der Waals surface area contributed by atoms with Gasteiger partial charge >= 0.3 is 0 Å². The third kappa shape index (κ3) is 3.94. The fourth-order valence-electron chi connectivity index (χ4n) is 2.18. The molecular weight excluding hydrogens is 292 g/mol. The highest BCUT2D eigenvalue weighted by atomic mass is 32.2. The topological polar surface area (TPSA) is 78.9 Å². The van der Waals surface area contributed by atoms with E-state index in [9.17, 15) is 8.42 Å². The minimum Gasteiger partial charge on any atom is -0.394 e. The molecule has 1 aromatic rings. The molecular formula is C14H22N2O4S. The first-order valence-corrected chi connectivity index (χ1v) is 8.58. The second-order valence-corrected chi connectivity index (χ2v) is 6.93. The van der Waals surface area contributed by atoms with Crippen molar-refractivity contribution in [1.82, 2.24) is 4.31 Å². The quantitative estimate of drug-likeness (QED) is 0.815. The van der Waals surface area contributed by atoms with Crippen LogP contribution in [0.3, 0.4) is 0 Å². The van der Waals surface area contributed by atoms with Gasteiger partial charge in [-0.25, -0.2) is 8.42 Å². The van der Waals surface area contributed by atoms with Gasteiger partial charge in [0.15, 0.2) is 0 Å². The van der Waals surface area contributed by atoms with Crippen LogP contribution in [0.25, 0.3) is 0 Å². The molecule has 1 heterocycles. The van der Waals surface area contributed by atoms with Crippen molar-refractivity contribution in [3.05, 3.63) is 24.3 Å². The number of nitrogens with one attached hydrogen (secondary N) is 1. The molecule has 1 aliphatic rings. The van der Waals surface area contributed by atoms with Crippen molar-refractivity contribution in [2.75, 3.05) is 38.2 Å². The molecule has 7 heteroatoms. The average Bonchev–Trinajstić information content (AvgIpc) is 2.53. The van der Waals surface area contributed by atoms with Crippen molar-refractivity contribution in [3.63, 3.8) is 0 Å². The zero-order chi connectivity index (χ0) is 15.3. The van der Waals surface area contributed by atoms with Crippen molar-refractivity contribution in [2.45, 2.75) is 24.3 Å². The van der Waals surface area contributed by atoms with E-state index in [1.807, 2.05) is 0 Å². The number of hydrogen-bond donors (Lipinski definition) is 2. The van der Waals surface area contributed by atoms with E-state index in [0.717, 1.165) is 18.7 Å². The first-order chi connectivity index (χ1) is 10.1. The maximum atomic E-state index is 12.5. The fourth-order valence-corrected chi connectivity index (χ4v) is 3.64. The third-order valence-electron chi connectivity index (χ3n) is 3.38. The number of benzene rings is 1. The molecule has 2 rings (SSSR count). The molecule has 0 saturated carbocycles. The number of aliphatic hydroxyl groups is 1. The van der Waals surface area contributed by atoms with E-state index in [1.54, 1.807) is 24.3 Å². The smallest absolute Gasteiger partial charge is 0.243 e. The number of aliphatic hydroxyl groups excluding tert-OH is 1. The van der Waals surface area contributed by atoms with Crippen LogP contribution in [0, 0.1) is 0 Å². The summed E-state index contributed by atoms with van der Waals surface area (Å²) in [5.41, 5.74) is 0.908. The zero-order valence-electron chi connectivity index (χ0n) is 12.2. The van der Waals surface area contributed by atoms with E-state index in [-0.39, 0.29) is 18.0 Å². The van der Waals surface area contributed by atoms with Crippen molar-refractivity contribution in [1.29, 1.82) is 0 Å². The lowest BCUT2D eigenvalue weighted by Crippen LogP contribution is -2.46. The van der Waals surface area contributed by atoms with Gasteiger partial charge in [0, 0.05) is 25.3 Å². The van der Waals surface area contributed by atoms with Crippen LogP contribution in [0.15, 0.2) is 29.2 Å². The summed E-state index contributed by atoms with van der Waals surface area (Å²) in [6.07, 6.45) is 0.565. The monoisotopic (exact) mass is 314 g/mol. The van der Waals surface area contributed by atoms with Crippen molar-refractivity contribution < 1.29 is 18.3 Å². The predicted molar refractivity (Wildman–Crippen MR) is 80.8 cm³/mol. The zero-order valence-corrected chi connectivity index (χ0v) is 13.0. The van der Waals surface area contributed by atoms with E-state index in [2.05, 4.69) is 12.2 Å². The van der Waals surface area contributed by atoms with Gasteiger partial charge in [0.25, 0.3) is 0 Å². The van der Waals surface area contributed by atoms with E-state index < -0.39 is 16.1 Å². The largest absolute Gasteiger partial charge is 0.394 e. The van der Waals surface area contributed by atoms with Crippen LogP contribution in [0.1, 0.15) is 13.3 Å². The Balaban J connectivity index is 2.11. The van der Waals surface area contributed by atoms with Crippen LogP contribution < -0.4 is 5.32 Å². The molecule has 2 N–H and O–H groups in total. The Bertz CT molecular complexity index is 545. The highest BCUT2D eigenvalue weighted by Gasteiger charge is 2.30. The summed E-state index contributed by atoms with van der Waals surface area (Å²) in [5.74, 6) is 0. The first-order valence-electron chi connectivity index (χ1n) is 7.14. The average molecular weight is 314 g/mol. The number of anilines is 1. The number of ether oxygens (including phenoxy) is 1. The molecule has 1 aliphatic heterocycles. The summed E-state index contributed by atoms with van der Waals surface area (Å²) < 4.78 is 31.7. The molecule has 0 aromatic heterocycles. The van der Waals surface area contributed by atoms with Crippen molar-refractivity contribution in [3.8, 4) is 0 Å². The standard InChI is InChI=1S/C14H22N2O4S/c1-2-7-15-12-3-5-14(6-4-12)21(18,19)16-8-9-20-13(10-16)11-17/h3-6,13,15,17H,2,7-11H2,1H3. The molecule has 1 atom stereocenters. The summed E-state index contributed by atoms with van der Waals surface area (Å²) >= 11 is 0. The van der Waals surface area contributed by atoms with E-state index in [1.165, 1.54) is 4.31 Å². The fraction of sp³-hybridized carbons (Fsp3) is 0.571. The van der Waals surface area contributed by atoms with Gasteiger partial charge in [0.1, 0.15) is 0 Å². The van der Waals surface area contributed by atoms with Gasteiger partial charge in [0.2, 0.25) is 10.0 Å². The van der Waals surface area contributed by atoms with E-state index >= 15 is 0 Å². The SMILES string of the molecule is CCCNc1ccc(S(=O)(=O)N2CCOC(CO)C2)cc1. The minimum atomic E-state index is -3.53. The molecule has 0 radical (unpaired) electrons. The Morgan fingerprint density at radius 3 is 2.71 bits per heavy atom. The van der Waals surface area contributed by atoms with Crippen LogP contribution >= 0.6 is 0 Å². The molecule has 0 bridgehead atoms. The maximum Gasteiger partial charge on any atom is 0.243 e. The Morgan fingerprint density at radius 2 is 2.10 bits per heavy atom. The Morgan fingerprint density at radius 1 is 1.38 bits per heavy atom. The molecule has 1 saturated heterocycles. The molecule has 0 spiro atoms. The highest BCUT2D eigenvalue weighted by molar-refractivity contribution is 7.89. The van der Waals surface area contributed by atoms with Crippen LogP contribution in [-0.4, -0.2) is 56.8 Å². The predicted octanol–water partition coefficient (Wildman–Crippen LogP) is 0.890. The molecule has 6 nitrogen and oxygen atoms in total. The van der Waals surface area contributed by atoms with Crippen LogP contribution in [-0.2, 0) is 14.8 Å². The van der Waals surface area contributed by atoms with Gasteiger partial charge in [-0.2, -0.15) is 4.31 Å². The summed E-state index contributed by atoms with van der Waals surface area (Å²) in [5, 5.41) is 12.3. The molecule has 21 heavy (non-hydrogen) atoms. The molecule has 0 aliphatic carbocycles. The molecule has 1 fully saturated rings. The van der Waals surface area contributed by atoms with Crippen molar-refractivity contribution >= 4 is 15.7 Å². The number of morpholine rings is 1. The summed E-state index contributed by atoms with van der Waals surface area (Å²) in [6, 6.07) is 6.76. The molecule has 1 unspecified atom stereocenters. The Labute approximate surface area is 125 Å².